The van der Waals surface area contributed by atoms with Crippen LogP contribution in [-0.4, -0.2) is 27.4 Å². The van der Waals surface area contributed by atoms with Crippen LogP contribution in [0.3, 0.4) is 0 Å². The smallest absolute Gasteiger partial charge is 0.229 e. The SMILES string of the molecule is CC1CCC(c2noc(CC(C)(O)CN)n2)CC1. The zero-order valence-corrected chi connectivity index (χ0v) is 11.2. The van der Waals surface area contributed by atoms with Crippen molar-refractivity contribution in [2.24, 2.45) is 11.7 Å². The van der Waals surface area contributed by atoms with E-state index >= 15 is 0 Å². The van der Waals surface area contributed by atoms with Gasteiger partial charge in [0, 0.05) is 12.5 Å². The molecule has 1 aliphatic carbocycles. The Kier molecular flexibility index (Phi) is 4.02. The summed E-state index contributed by atoms with van der Waals surface area (Å²) in [5.41, 5.74) is 4.51. The quantitative estimate of drug-likeness (QED) is 0.851. The summed E-state index contributed by atoms with van der Waals surface area (Å²) in [6, 6.07) is 0. The van der Waals surface area contributed by atoms with Crippen LogP contribution in [0.15, 0.2) is 4.52 Å². The third kappa shape index (κ3) is 3.29. The molecule has 3 N–H and O–H groups in total. The summed E-state index contributed by atoms with van der Waals surface area (Å²) in [5.74, 6) is 2.51. The molecule has 5 heteroatoms. The number of nitrogens with two attached hydrogens (primary N) is 1. The van der Waals surface area contributed by atoms with Crippen LogP contribution in [0.4, 0.5) is 0 Å². The van der Waals surface area contributed by atoms with E-state index in [9.17, 15) is 5.11 Å². The molecule has 18 heavy (non-hydrogen) atoms. The summed E-state index contributed by atoms with van der Waals surface area (Å²) in [6.45, 7) is 4.15. The molecule has 1 fully saturated rings. The molecule has 2 rings (SSSR count). The molecule has 0 aromatic carbocycles. The summed E-state index contributed by atoms with van der Waals surface area (Å²) >= 11 is 0. The first-order chi connectivity index (χ1) is 8.50. The maximum absolute atomic E-state index is 9.88. The molecule has 1 unspecified atom stereocenters. The molecule has 1 atom stereocenters. The fourth-order valence-corrected chi connectivity index (χ4v) is 2.42. The van der Waals surface area contributed by atoms with Crippen LogP contribution in [0.1, 0.15) is 57.2 Å². The zero-order valence-electron chi connectivity index (χ0n) is 11.2. The minimum atomic E-state index is -0.967. The lowest BCUT2D eigenvalue weighted by Crippen LogP contribution is -2.36. The molecule has 0 saturated heterocycles. The van der Waals surface area contributed by atoms with E-state index in [0.29, 0.717) is 18.2 Å². The van der Waals surface area contributed by atoms with Crippen molar-refractivity contribution in [3.05, 3.63) is 11.7 Å². The standard InChI is InChI=1S/C13H23N3O2/c1-9-3-5-10(6-4-9)12-15-11(18-16-12)7-13(2,17)8-14/h9-10,17H,3-8,14H2,1-2H3. The number of hydrogen-bond acceptors (Lipinski definition) is 5. The van der Waals surface area contributed by atoms with Gasteiger partial charge in [0.2, 0.25) is 5.89 Å². The van der Waals surface area contributed by atoms with E-state index in [4.69, 9.17) is 10.3 Å². The van der Waals surface area contributed by atoms with Gasteiger partial charge in [-0.25, -0.2) is 0 Å². The molecule has 1 saturated carbocycles. The van der Waals surface area contributed by atoms with Crippen LogP contribution in [0.2, 0.25) is 0 Å². The van der Waals surface area contributed by atoms with Gasteiger partial charge in [0.05, 0.1) is 12.0 Å². The molecule has 1 heterocycles. The largest absolute Gasteiger partial charge is 0.388 e. The normalized spacial score (nSPS) is 28.0. The van der Waals surface area contributed by atoms with Crippen molar-refractivity contribution in [1.82, 2.24) is 10.1 Å². The Hall–Kier alpha value is -0.940. The topological polar surface area (TPSA) is 85.2 Å². The van der Waals surface area contributed by atoms with Crippen LogP contribution in [0.5, 0.6) is 0 Å². The Balaban J connectivity index is 1.98. The second kappa shape index (κ2) is 5.36. The highest BCUT2D eigenvalue weighted by atomic mass is 16.5. The highest BCUT2D eigenvalue weighted by Crippen LogP contribution is 2.34. The van der Waals surface area contributed by atoms with Crippen LogP contribution >= 0.6 is 0 Å². The van der Waals surface area contributed by atoms with Gasteiger partial charge in [-0.05, 0) is 25.7 Å². The Morgan fingerprint density at radius 1 is 1.39 bits per heavy atom. The van der Waals surface area contributed by atoms with Crippen molar-refractivity contribution >= 4 is 0 Å². The van der Waals surface area contributed by atoms with Crippen molar-refractivity contribution in [3.8, 4) is 0 Å². The fourth-order valence-electron chi connectivity index (χ4n) is 2.42. The molecule has 0 spiro atoms. The molecule has 1 aliphatic rings. The van der Waals surface area contributed by atoms with Crippen LogP contribution in [0, 0.1) is 5.92 Å². The Morgan fingerprint density at radius 3 is 2.67 bits per heavy atom. The van der Waals surface area contributed by atoms with Crippen LogP contribution in [0.25, 0.3) is 0 Å². The molecule has 0 bridgehead atoms. The molecular formula is C13H23N3O2. The van der Waals surface area contributed by atoms with Gasteiger partial charge in [-0.15, -0.1) is 0 Å². The number of hydrogen-bond donors (Lipinski definition) is 2. The molecule has 0 amide bonds. The molecule has 102 valence electrons. The lowest BCUT2D eigenvalue weighted by atomic mass is 9.83. The van der Waals surface area contributed by atoms with Gasteiger partial charge in [0.25, 0.3) is 0 Å². The van der Waals surface area contributed by atoms with Crippen molar-refractivity contribution in [2.75, 3.05) is 6.54 Å². The first-order valence-electron chi connectivity index (χ1n) is 6.75. The van der Waals surface area contributed by atoms with E-state index in [0.717, 1.165) is 24.6 Å². The third-order valence-corrected chi connectivity index (χ3v) is 3.84. The number of rotatable bonds is 4. The fraction of sp³-hybridized carbons (Fsp3) is 0.846. The second-order valence-electron chi connectivity index (χ2n) is 5.88. The molecule has 1 aromatic heterocycles. The highest BCUT2D eigenvalue weighted by Gasteiger charge is 2.26. The average Bonchev–Trinajstić information content (AvgIpc) is 2.78. The van der Waals surface area contributed by atoms with Crippen molar-refractivity contribution in [3.63, 3.8) is 0 Å². The number of nitrogens with zero attached hydrogens (tertiary/aromatic N) is 2. The van der Waals surface area contributed by atoms with E-state index in [-0.39, 0.29) is 6.54 Å². The summed E-state index contributed by atoms with van der Waals surface area (Å²) in [6.07, 6.45) is 5.05. The Labute approximate surface area is 108 Å². The van der Waals surface area contributed by atoms with Crippen molar-refractivity contribution < 1.29 is 9.63 Å². The van der Waals surface area contributed by atoms with Crippen molar-refractivity contribution in [2.45, 2.75) is 57.5 Å². The third-order valence-electron chi connectivity index (χ3n) is 3.84. The summed E-state index contributed by atoms with van der Waals surface area (Å²) in [5, 5.41) is 13.9. The van der Waals surface area contributed by atoms with E-state index in [2.05, 4.69) is 17.1 Å². The van der Waals surface area contributed by atoms with Crippen LogP contribution in [-0.2, 0) is 6.42 Å². The van der Waals surface area contributed by atoms with Gasteiger partial charge in [0.15, 0.2) is 5.82 Å². The minimum Gasteiger partial charge on any atom is -0.388 e. The highest BCUT2D eigenvalue weighted by molar-refractivity contribution is 4.99. The number of aromatic nitrogens is 2. The molecule has 0 aliphatic heterocycles. The summed E-state index contributed by atoms with van der Waals surface area (Å²) < 4.78 is 5.21. The second-order valence-corrected chi connectivity index (χ2v) is 5.88. The van der Waals surface area contributed by atoms with E-state index in [1.165, 1.54) is 12.8 Å². The van der Waals surface area contributed by atoms with E-state index < -0.39 is 5.60 Å². The summed E-state index contributed by atoms with van der Waals surface area (Å²) in [4.78, 5) is 4.40. The van der Waals surface area contributed by atoms with Gasteiger partial charge < -0.3 is 15.4 Å². The van der Waals surface area contributed by atoms with E-state index in [1.54, 1.807) is 6.92 Å². The minimum absolute atomic E-state index is 0.186. The van der Waals surface area contributed by atoms with Crippen molar-refractivity contribution in [1.29, 1.82) is 0 Å². The first-order valence-corrected chi connectivity index (χ1v) is 6.75. The van der Waals surface area contributed by atoms with Gasteiger partial charge in [-0.2, -0.15) is 4.98 Å². The first kappa shape index (κ1) is 13.5. The molecule has 0 radical (unpaired) electrons. The maximum atomic E-state index is 9.88. The lowest BCUT2D eigenvalue weighted by Gasteiger charge is -2.23. The monoisotopic (exact) mass is 253 g/mol. The predicted octanol–water partition coefficient (Wildman–Crippen LogP) is 1.62. The van der Waals surface area contributed by atoms with Gasteiger partial charge in [-0.1, -0.05) is 24.9 Å². The molecule has 5 nitrogen and oxygen atoms in total. The van der Waals surface area contributed by atoms with Crippen LogP contribution < -0.4 is 5.73 Å². The average molecular weight is 253 g/mol. The lowest BCUT2D eigenvalue weighted by molar-refractivity contribution is 0.0610. The zero-order chi connectivity index (χ0) is 13.2. The van der Waals surface area contributed by atoms with Gasteiger partial charge in [-0.3, -0.25) is 0 Å². The summed E-state index contributed by atoms with van der Waals surface area (Å²) in [7, 11) is 0. The maximum Gasteiger partial charge on any atom is 0.229 e. The number of aliphatic hydroxyl groups is 1. The van der Waals surface area contributed by atoms with Gasteiger partial charge >= 0.3 is 0 Å². The molecule has 1 aromatic rings. The Morgan fingerprint density at radius 2 is 2.06 bits per heavy atom. The predicted molar refractivity (Wildman–Crippen MR) is 68.1 cm³/mol. The molecular weight excluding hydrogens is 230 g/mol. The Bertz CT molecular complexity index is 381. The van der Waals surface area contributed by atoms with Gasteiger partial charge in [0.1, 0.15) is 0 Å². The van der Waals surface area contributed by atoms with E-state index in [1.807, 2.05) is 0 Å².